The molecular formula is C23H31N7O4. The number of amides is 3. The maximum atomic E-state index is 12.7. The lowest BCUT2D eigenvalue weighted by atomic mass is 10.1. The minimum Gasteiger partial charge on any atom is -0.491 e. The first-order valence-electron chi connectivity index (χ1n) is 11.5. The van der Waals surface area contributed by atoms with Gasteiger partial charge in [-0.15, -0.1) is 0 Å². The first-order valence-corrected chi connectivity index (χ1v) is 11.5. The van der Waals surface area contributed by atoms with E-state index >= 15 is 0 Å². The van der Waals surface area contributed by atoms with Crippen molar-refractivity contribution >= 4 is 17.9 Å². The van der Waals surface area contributed by atoms with Crippen molar-refractivity contribution in [2.45, 2.75) is 44.6 Å². The van der Waals surface area contributed by atoms with E-state index in [0.29, 0.717) is 18.3 Å². The molecule has 3 atom stereocenters. The van der Waals surface area contributed by atoms with E-state index < -0.39 is 30.2 Å². The maximum absolute atomic E-state index is 12.7. The number of β-amino-alcohol motifs (C(OH)–C–C–N with tert-alkyl or cyclic N) is 1. The normalized spacial score (nSPS) is 21.9. The molecule has 3 N–H and O–H groups in total. The number of guanidine groups is 1. The Balaban J connectivity index is 1.43. The Hall–Kier alpha value is -3.60. The molecule has 0 radical (unpaired) electrons. The van der Waals surface area contributed by atoms with Crippen LogP contribution in [0.5, 0.6) is 5.75 Å². The number of hydrogen-bond acceptors (Lipinski definition) is 6. The topological polar surface area (TPSA) is 124 Å². The summed E-state index contributed by atoms with van der Waals surface area (Å²) >= 11 is 0. The van der Waals surface area contributed by atoms with Gasteiger partial charge in [-0.2, -0.15) is 0 Å². The molecule has 2 saturated heterocycles. The number of aliphatic hydroxyl groups excluding tert-OH is 1. The molecule has 1 aromatic heterocycles. The van der Waals surface area contributed by atoms with E-state index in [4.69, 9.17) is 4.74 Å². The first kappa shape index (κ1) is 23.6. The highest BCUT2D eigenvalue weighted by molar-refractivity contribution is 6.04. The quantitative estimate of drug-likeness (QED) is 0.431. The van der Waals surface area contributed by atoms with E-state index in [9.17, 15) is 14.7 Å². The van der Waals surface area contributed by atoms with Crippen LogP contribution in [0.3, 0.4) is 0 Å². The predicted molar refractivity (Wildman–Crippen MR) is 125 cm³/mol. The molecule has 11 heteroatoms. The van der Waals surface area contributed by atoms with Gasteiger partial charge in [0.15, 0.2) is 12.0 Å². The van der Waals surface area contributed by atoms with Crippen LogP contribution in [0.1, 0.15) is 18.9 Å². The summed E-state index contributed by atoms with van der Waals surface area (Å²) < 4.78 is 7.75. The van der Waals surface area contributed by atoms with E-state index in [0.717, 1.165) is 24.9 Å². The van der Waals surface area contributed by atoms with Crippen molar-refractivity contribution in [1.82, 2.24) is 30.0 Å². The van der Waals surface area contributed by atoms with E-state index in [1.54, 1.807) is 24.5 Å². The van der Waals surface area contributed by atoms with Gasteiger partial charge >= 0.3 is 6.03 Å². The number of carbonyl (C=O) groups is 2. The molecular weight excluding hydrogens is 438 g/mol. The summed E-state index contributed by atoms with van der Waals surface area (Å²) in [5.41, 5.74) is 1.15. The highest BCUT2D eigenvalue weighted by Crippen LogP contribution is 2.21. The van der Waals surface area contributed by atoms with Crippen LogP contribution >= 0.6 is 0 Å². The van der Waals surface area contributed by atoms with Crippen molar-refractivity contribution in [3.05, 3.63) is 48.5 Å². The largest absolute Gasteiger partial charge is 0.491 e. The zero-order chi connectivity index (χ0) is 24.1. The molecule has 3 amide bonds. The lowest BCUT2D eigenvalue weighted by molar-refractivity contribution is -0.127. The van der Waals surface area contributed by atoms with Gasteiger partial charge in [-0.25, -0.2) is 9.78 Å². The second-order valence-corrected chi connectivity index (χ2v) is 8.42. The van der Waals surface area contributed by atoms with Crippen molar-refractivity contribution < 1.29 is 19.4 Å². The Morgan fingerprint density at radius 1 is 1.32 bits per heavy atom. The summed E-state index contributed by atoms with van der Waals surface area (Å²) in [5.74, 6) is 0.738. The van der Waals surface area contributed by atoms with Gasteiger partial charge in [0.2, 0.25) is 0 Å². The van der Waals surface area contributed by atoms with Crippen LogP contribution in [0.4, 0.5) is 4.79 Å². The first-order chi connectivity index (χ1) is 16.5. The van der Waals surface area contributed by atoms with Crippen LogP contribution in [0.2, 0.25) is 0 Å². The molecule has 182 valence electrons. The van der Waals surface area contributed by atoms with Crippen LogP contribution in [-0.2, 0) is 17.8 Å². The predicted octanol–water partition coefficient (Wildman–Crippen LogP) is 0.413. The van der Waals surface area contributed by atoms with Gasteiger partial charge in [-0.1, -0.05) is 19.1 Å². The van der Waals surface area contributed by atoms with Crippen LogP contribution in [0.15, 0.2) is 48.0 Å². The summed E-state index contributed by atoms with van der Waals surface area (Å²) in [6.07, 6.45) is 5.58. The third kappa shape index (κ3) is 5.30. The number of likely N-dealkylation sites (N-methyl/N-ethyl adjacent to an activating group) is 1. The van der Waals surface area contributed by atoms with Crippen molar-refractivity contribution in [1.29, 1.82) is 0 Å². The fourth-order valence-corrected chi connectivity index (χ4v) is 4.10. The highest BCUT2D eigenvalue weighted by atomic mass is 16.5. The number of imide groups is 1. The number of urea groups is 1. The summed E-state index contributed by atoms with van der Waals surface area (Å²) in [6.45, 7) is 3.52. The zero-order valence-electron chi connectivity index (χ0n) is 19.4. The average molecular weight is 470 g/mol. The number of fused-ring (bicyclic) bond motifs is 1. The molecule has 34 heavy (non-hydrogen) atoms. The number of nitrogens with zero attached hydrogens (tertiary/aromatic N) is 5. The summed E-state index contributed by atoms with van der Waals surface area (Å²) in [6, 6.07) is 6.56. The minimum atomic E-state index is -0.877. The SMILES string of the molecule is CCc1cccc(OCC(O)CN2C(=NCCCn3ccnc3)NC3C2C(=O)NC(=O)N3C)c1. The van der Waals surface area contributed by atoms with E-state index in [-0.39, 0.29) is 13.2 Å². The smallest absolute Gasteiger partial charge is 0.325 e. The molecule has 0 aliphatic carbocycles. The molecule has 2 aliphatic rings. The van der Waals surface area contributed by atoms with Gasteiger partial charge in [0.05, 0.1) is 12.9 Å². The Morgan fingerprint density at radius 2 is 2.18 bits per heavy atom. The molecule has 2 aromatic rings. The fourth-order valence-electron chi connectivity index (χ4n) is 4.10. The highest BCUT2D eigenvalue weighted by Gasteiger charge is 2.50. The third-order valence-electron chi connectivity index (χ3n) is 5.97. The van der Waals surface area contributed by atoms with Gasteiger partial charge in [-0.3, -0.25) is 15.1 Å². The molecule has 1 aromatic carbocycles. The van der Waals surface area contributed by atoms with Crippen molar-refractivity contribution in [2.24, 2.45) is 4.99 Å². The monoisotopic (exact) mass is 469 g/mol. The zero-order valence-corrected chi connectivity index (χ0v) is 19.4. The second-order valence-electron chi connectivity index (χ2n) is 8.42. The number of carbonyl (C=O) groups excluding carboxylic acids is 2. The van der Waals surface area contributed by atoms with Gasteiger partial charge in [-0.05, 0) is 30.5 Å². The van der Waals surface area contributed by atoms with E-state index in [2.05, 4.69) is 27.5 Å². The molecule has 11 nitrogen and oxygen atoms in total. The number of hydrogen-bond donors (Lipinski definition) is 3. The summed E-state index contributed by atoms with van der Waals surface area (Å²) in [4.78, 5) is 36.6. The van der Waals surface area contributed by atoms with Crippen LogP contribution in [-0.4, -0.2) is 87.4 Å². The number of imidazole rings is 1. The number of aromatic nitrogens is 2. The van der Waals surface area contributed by atoms with Crippen LogP contribution in [0.25, 0.3) is 0 Å². The Labute approximate surface area is 198 Å². The Bertz CT molecular complexity index is 1030. The average Bonchev–Trinajstić information content (AvgIpc) is 3.48. The third-order valence-corrected chi connectivity index (χ3v) is 5.97. The van der Waals surface area contributed by atoms with Gasteiger partial charge in [0, 0.05) is 32.5 Å². The van der Waals surface area contributed by atoms with Crippen molar-refractivity contribution in [3.63, 3.8) is 0 Å². The molecule has 2 fully saturated rings. The van der Waals surface area contributed by atoms with Gasteiger partial charge in [0.25, 0.3) is 5.91 Å². The lowest BCUT2D eigenvalue weighted by Gasteiger charge is -2.35. The number of aliphatic hydroxyl groups is 1. The minimum absolute atomic E-state index is 0.0609. The number of aryl methyl sites for hydroxylation is 2. The summed E-state index contributed by atoms with van der Waals surface area (Å²) in [7, 11) is 1.62. The molecule has 4 rings (SSSR count). The standard InChI is InChI=1S/C23H31N7O4/c1-3-16-6-4-7-18(12-16)34-14-17(31)13-30-19-20(28(2)23(33)27-21(19)32)26-22(30)25-8-5-10-29-11-9-24-15-29/h4,6-7,9,11-12,15,17,19-20,31H,3,5,8,10,13-14H2,1-2H3,(H,25,26)(H,27,32,33). The lowest BCUT2D eigenvalue weighted by Crippen LogP contribution is -2.65. The van der Waals surface area contributed by atoms with E-state index in [1.165, 1.54) is 4.90 Å². The number of benzene rings is 1. The Kier molecular flexibility index (Phi) is 7.31. The fraction of sp³-hybridized carbons (Fsp3) is 0.478. The van der Waals surface area contributed by atoms with Gasteiger partial charge in [0.1, 0.15) is 24.6 Å². The second kappa shape index (κ2) is 10.6. The molecule has 3 heterocycles. The van der Waals surface area contributed by atoms with Gasteiger partial charge < -0.3 is 29.5 Å². The van der Waals surface area contributed by atoms with Crippen LogP contribution in [0, 0.1) is 0 Å². The number of rotatable bonds is 10. The molecule has 0 bridgehead atoms. The number of aliphatic imine (C=N–C) groups is 1. The van der Waals surface area contributed by atoms with E-state index in [1.807, 2.05) is 35.0 Å². The van der Waals surface area contributed by atoms with Crippen molar-refractivity contribution in [3.8, 4) is 5.75 Å². The number of nitrogens with one attached hydrogen (secondary N) is 2. The van der Waals surface area contributed by atoms with Crippen molar-refractivity contribution in [2.75, 3.05) is 26.7 Å². The molecule has 0 spiro atoms. The van der Waals surface area contributed by atoms with Crippen LogP contribution < -0.4 is 15.4 Å². The molecule has 0 saturated carbocycles. The Morgan fingerprint density at radius 3 is 2.94 bits per heavy atom. The molecule has 3 unspecified atom stereocenters. The summed E-state index contributed by atoms with van der Waals surface area (Å²) in [5, 5.41) is 16.3. The molecule has 2 aliphatic heterocycles. The number of ether oxygens (including phenoxy) is 1. The maximum Gasteiger partial charge on any atom is 0.325 e.